The molecule has 1 unspecified atom stereocenters. The lowest BCUT2D eigenvalue weighted by Gasteiger charge is -2.07. The Bertz CT molecular complexity index is 469. The first-order valence-electron chi connectivity index (χ1n) is 5.95. The Labute approximate surface area is 111 Å². The normalized spacial score (nSPS) is 12.8. The number of rotatable bonds is 6. The van der Waals surface area contributed by atoms with Gasteiger partial charge in [-0.15, -0.1) is 11.6 Å². The average Bonchev–Trinajstić information content (AvgIpc) is 2.78. The van der Waals surface area contributed by atoms with E-state index < -0.39 is 0 Å². The maximum atomic E-state index is 5.78. The number of halogens is 1. The molecule has 0 amide bonds. The van der Waals surface area contributed by atoms with E-state index in [0.29, 0.717) is 5.92 Å². The maximum Gasteiger partial charge on any atom is 0.117 e. The van der Waals surface area contributed by atoms with Crippen LogP contribution in [0, 0.1) is 5.92 Å². The predicted molar refractivity (Wildman–Crippen MR) is 77.2 cm³/mol. The highest BCUT2D eigenvalue weighted by Crippen LogP contribution is 2.27. The topological polar surface area (TPSA) is 24.9 Å². The van der Waals surface area contributed by atoms with E-state index in [4.69, 9.17) is 11.6 Å². The third-order valence-corrected chi connectivity index (χ3v) is 4.17. The molecule has 1 heterocycles. The highest BCUT2D eigenvalue weighted by atomic mass is 35.5. The quantitative estimate of drug-likeness (QED) is 0.622. The Kier molecular flexibility index (Phi) is 4.63. The largest absolute Gasteiger partial charge is 0.375 e. The van der Waals surface area contributed by atoms with Crippen LogP contribution in [0.4, 0.5) is 5.00 Å². The molecule has 2 nitrogen and oxygen atoms in total. The fourth-order valence-corrected chi connectivity index (χ4v) is 2.69. The number of hydrogen-bond donors (Lipinski definition) is 1. The van der Waals surface area contributed by atoms with E-state index in [1.807, 2.05) is 12.1 Å². The van der Waals surface area contributed by atoms with Crippen molar-refractivity contribution in [3.05, 3.63) is 24.3 Å². The molecule has 1 atom stereocenters. The van der Waals surface area contributed by atoms with Crippen LogP contribution in [0.1, 0.15) is 19.8 Å². The lowest BCUT2D eigenvalue weighted by Crippen LogP contribution is -2.04. The molecule has 0 bridgehead atoms. The molecule has 0 aliphatic heterocycles. The van der Waals surface area contributed by atoms with Gasteiger partial charge in [0.05, 0.1) is 5.52 Å². The highest BCUT2D eigenvalue weighted by molar-refractivity contribution is 7.11. The lowest BCUT2D eigenvalue weighted by molar-refractivity contribution is 0.573. The van der Waals surface area contributed by atoms with Crippen LogP contribution in [-0.4, -0.2) is 16.8 Å². The van der Waals surface area contributed by atoms with E-state index in [1.54, 1.807) is 11.5 Å². The van der Waals surface area contributed by atoms with E-state index >= 15 is 0 Å². The maximum absolute atomic E-state index is 5.78. The van der Waals surface area contributed by atoms with Crippen molar-refractivity contribution in [1.82, 2.24) is 4.37 Å². The zero-order chi connectivity index (χ0) is 12.1. The van der Waals surface area contributed by atoms with Gasteiger partial charge in [0.25, 0.3) is 0 Å². The second kappa shape index (κ2) is 6.22. The number of benzene rings is 1. The molecule has 0 fully saturated rings. The molecule has 0 aliphatic rings. The van der Waals surface area contributed by atoms with Gasteiger partial charge in [-0.25, -0.2) is 0 Å². The van der Waals surface area contributed by atoms with Gasteiger partial charge in [0.15, 0.2) is 0 Å². The first kappa shape index (κ1) is 12.7. The average molecular weight is 269 g/mol. The third kappa shape index (κ3) is 3.33. The lowest BCUT2D eigenvalue weighted by atomic mass is 10.1. The van der Waals surface area contributed by atoms with Gasteiger partial charge in [0, 0.05) is 17.8 Å². The van der Waals surface area contributed by atoms with Gasteiger partial charge in [0.2, 0.25) is 0 Å². The van der Waals surface area contributed by atoms with E-state index in [2.05, 4.69) is 28.7 Å². The van der Waals surface area contributed by atoms with Crippen molar-refractivity contribution in [1.29, 1.82) is 0 Å². The molecule has 0 radical (unpaired) electrons. The minimum Gasteiger partial charge on any atom is -0.375 e. The SMILES string of the molecule is CC(CCl)CCCNc1snc2ccccc12. The molecule has 1 aromatic heterocycles. The molecule has 17 heavy (non-hydrogen) atoms. The summed E-state index contributed by atoms with van der Waals surface area (Å²) in [4.78, 5) is 0. The molecule has 0 aliphatic carbocycles. The van der Waals surface area contributed by atoms with Crippen molar-refractivity contribution < 1.29 is 0 Å². The van der Waals surface area contributed by atoms with Crippen LogP contribution in [-0.2, 0) is 0 Å². The fraction of sp³-hybridized carbons (Fsp3) is 0.462. The summed E-state index contributed by atoms with van der Waals surface area (Å²) in [6.07, 6.45) is 2.33. The highest BCUT2D eigenvalue weighted by Gasteiger charge is 2.04. The second-order valence-electron chi connectivity index (χ2n) is 4.36. The van der Waals surface area contributed by atoms with Crippen molar-refractivity contribution >= 4 is 39.0 Å². The van der Waals surface area contributed by atoms with Gasteiger partial charge >= 0.3 is 0 Å². The second-order valence-corrected chi connectivity index (χ2v) is 5.44. The fourth-order valence-electron chi connectivity index (χ4n) is 1.75. The first-order valence-corrected chi connectivity index (χ1v) is 7.26. The number of nitrogens with one attached hydrogen (secondary N) is 1. The van der Waals surface area contributed by atoms with Crippen LogP contribution in [0.25, 0.3) is 10.9 Å². The molecule has 1 N–H and O–H groups in total. The predicted octanol–water partition coefficient (Wildman–Crippen LogP) is 4.36. The Morgan fingerprint density at radius 3 is 3.06 bits per heavy atom. The Balaban J connectivity index is 1.87. The molecule has 2 rings (SSSR count). The molecule has 0 spiro atoms. The smallest absolute Gasteiger partial charge is 0.117 e. The van der Waals surface area contributed by atoms with Crippen molar-refractivity contribution in [2.24, 2.45) is 5.92 Å². The minimum atomic E-state index is 0.608. The van der Waals surface area contributed by atoms with Gasteiger partial charge in [-0.3, -0.25) is 0 Å². The third-order valence-electron chi connectivity index (χ3n) is 2.81. The molecule has 1 aromatic carbocycles. The van der Waals surface area contributed by atoms with Crippen LogP contribution in [0.2, 0.25) is 0 Å². The van der Waals surface area contributed by atoms with Gasteiger partial charge in [0.1, 0.15) is 5.00 Å². The van der Waals surface area contributed by atoms with Gasteiger partial charge in [-0.05, 0) is 42.4 Å². The monoisotopic (exact) mass is 268 g/mol. The molecular formula is C13H17ClN2S. The number of alkyl halides is 1. The summed E-state index contributed by atoms with van der Waals surface area (Å²) in [5.41, 5.74) is 1.08. The number of fused-ring (bicyclic) bond motifs is 1. The summed E-state index contributed by atoms with van der Waals surface area (Å²) in [6, 6.07) is 8.24. The van der Waals surface area contributed by atoms with Crippen molar-refractivity contribution in [3.8, 4) is 0 Å². The molecule has 0 saturated carbocycles. The number of aromatic nitrogens is 1. The van der Waals surface area contributed by atoms with Crippen LogP contribution < -0.4 is 5.32 Å². The van der Waals surface area contributed by atoms with Crippen molar-refractivity contribution in [2.45, 2.75) is 19.8 Å². The zero-order valence-electron chi connectivity index (χ0n) is 9.95. The van der Waals surface area contributed by atoms with E-state index in [1.165, 1.54) is 16.8 Å². The first-order chi connectivity index (χ1) is 8.31. The summed E-state index contributed by atoms with van der Waals surface area (Å²) >= 11 is 7.32. The number of hydrogen-bond acceptors (Lipinski definition) is 3. The molecular weight excluding hydrogens is 252 g/mol. The van der Waals surface area contributed by atoms with Crippen LogP contribution in [0.5, 0.6) is 0 Å². The summed E-state index contributed by atoms with van der Waals surface area (Å²) in [5.74, 6) is 1.36. The Hall–Kier alpha value is -0.800. The van der Waals surface area contributed by atoms with Crippen molar-refractivity contribution in [3.63, 3.8) is 0 Å². The summed E-state index contributed by atoms with van der Waals surface area (Å²) in [6.45, 7) is 3.18. The van der Waals surface area contributed by atoms with Gasteiger partial charge in [-0.2, -0.15) is 4.37 Å². The van der Waals surface area contributed by atoms with Gasteiger partial charge < -0.3 is 5.32 Å². The van der Waals surface area contributed by atoms with Crippen LogP contribution in [0.3, 0.4) is 0 Å². The zero-order valence-corrected chi connectivity index (χ0v) is 11.5. The molecule has 92 valence electrons. The van der Waals surface area contributed by atoms with E-state index in [9.17, 15) is 0 Å². The van der Waals surface area contributed by atoms with Crippen molar-refractivity contribution in [2.75, 3.05) is 17.7 Å². The van der Waals surface area contributed by atoms with E-state index in [-0.39, 0.29) is 0 Å². The van der Waals surface area contributed by atoms with Crippen LogP contribution >= 0.6 is 23.1 Å². The molecule has 2 aromatic rings. The molecule has 0 saturated heterocycles. The standard InChI is InChI=1S/C13H17ClN2S/c1-10(9-14)5-4-8-15-13-11-6-2-3-7-12(11)16-17-13/h2-3,6-7,10,15H,4-5,8-9H2,1H3. The Morgan fingerprint density at radius 1 is 1.41 bits per heavy atom. The molecule has 4 heteroatoms. The summed E-state index contributed by atoms with van der Waals surface area (Å²) in [7, 11) is 0. The minimum absolute atomic E-state index is 0.608. The van der Waals surface area contributed by atoms with E-state index in [0.717, 1.165) is 24.4 Å². The Morgan fingerprint density at radius 2 is 2.24 bits per heavy atom. The van der Waals surface area contributed by atoms with Gasteiger partial charge in [-0.1, -0.05) is 19.1 Å². The summed E-state index contributed by atoms with van der Waals surface area (Å²) < 4.78 is 4.41. The number of nitrogens with zero attached hydrogens (tertiary/aromatic N) is 1. The van der Waals surface area contributed by atoms with Crippen LogP contribution in [0.15, 0.2) is 24.3 Å². The number of anilines is 1. The summed E-state index contributed by atoms with van der Waals surface area (Å²) in [5, 5.41) is 5.86.